The van der Waals surface area contributed by atoms with E-state index in [1.54, 1.807) is 12.3 Å². The van der Waals surface area contributed by atoms with Crippen LogP contribution in [0.4, 0.5) is 5.69 Å². The molecule has 1 aromatic carbocycles. The van der Waals surface area contributed by atoms with Crippen LogP contribution in [0.1, 0.15) is 34.6 Å². The number of pyridine rings is 1. The lowest BCUT2D eigenvalue weighted by atomic mass is 10.1. The van der Waals surface area contributed by atoms with Crippen molar-refractivity contribution in [2.24, 2.45) is 0 Å². The Kier molecular flexibility index (Phi) is 4.35. The molecule has 20 heavy (non-hydrogen) atoms. The van der Waals surface area contributed by atoms with Gasteiger partial charge in [-0.25, -0.2) is 4.79 Å². The fourth-order valence-corrected chi connectivity index (χ4v) is 2.01. The van der Waals surface area contributed by atoms with Crippen LogP contribution < -0.4 is 5.32 Å². The molecule has 0 aliphatic carbocycles. The second-order valence-corrected chi connectivity index (χ2v) is 4.64. The van der Waals surface area contributed by atoms with Gasteiger partial charge in [0.15, 0.2) is 0 Å². The number of hydrogen-bond acceptors (Lipinski definition) is 4. The van der Waals surface area contributed by atoms with Crippen LogP contribution in [0.3, 0.4) is 0 Å². The molecule has 0 aliphatic rings. The van der Waals surface area contributed by atoms with Crippen molar-refractivity contribution in [3.05, 3.63) is 59.4 Å². The molecule has 104 valence electrons. The van der Waals surface area contributed by atoms with E-state index in [4.69, 9.17) is 4.74 Å². The summed E-state index contributed by atoms with van der Waals surface area (Å²) < 4.78 is 4.71. The van der Waals surface area contributed by atoms with Crippen LogP contribution in [0.2, 0.25) is 0 Å². The SMILES string of the molecule is COC(=O)c1ccc(NC(C)c2ccccn2)c(C)c1. The van der Waals surface area contributed by atoms with Gasteiger partial charge in [0.2, 0.25) is 0 Å². The minimum Gasteiger partial charge on any atom is -0.465 e. The molecule has 2 rings (SSSR count). The molecule has 0 saturated carbocycles. The maximum absolute atomic E-state index is 11.5. The van der Waals surface area contributed by atoms with Gasteiger partial charge in [-0.15, -0.1) is 0 Å². The Morgan fingerprint density at radius 3 is 2.70 bits per heavy atom. The number of hydrogen-bond donors (Lipinski definition) is 1. The molecule has 0 spiro atoms. The Hall–Kier alpha value is -2.36. The summed E-state index contributed by atoms with van der Waals surface area (Å²) in [4.78, 5) is 15.8. The smallest absolute Gasteiger partial charge is 0.337 e. The molecular formula is C16H18N2O2. The van der Waals surface area contributed by atoms with Crippen molar-refractivity contribution in [2.75, 3.05) is 12.4 Å². The van der Waals surface area contributed by atoms with Gasteiger partial charge in [-0.2, -0.15) is 0 Å². The van der Waals surface area contributed by atoms with Crippen molar-refractivity contribution < 1.29 is 9.53 Å². The molecule has 1 atom stereocenters. The van der Waals surface area contributed by atoms with Crippen LogP contribution in [0.5, 0.6) is 0 Å². The summed E-state index contributed by atoms with van der Waals surface area (Å²) in [5, 5.41) is 3.40. The van der Waals surface area contributed by atoms with E-state index < -0.39 is 0 Å². The fraction of sp³-hybridized carbons (Fsp3) is 0.250. The zero-order valence-electron chi connectivity index (χ0n) is 11.9. The van der Waals surface area contributed by atoms with Crippen LogP contribution in [-0.2, 0) is 4.74 Å². The quantitative estimate of drug-likeness (QED) is 0.866. The van der Waals surface area contributed by atoms with E-state index in [-0.39, 0.29) is 12.0 Å². The van der Waals surface area contributed by atoms with Gasteiger partial charge in [0.25, 0.3) is 0 Å². The highest BCUT2D eigenvalue weighted by atomic mass is 16.5. The van der Waals surface area contributed by atoms with Crippen LogP contribution in [0.25, 0.3) is 0 Å². The fourth-order valence-electron chi connectivity index (χ4n) is 2.01. The number of esters is 1. The van der Waals surface area contributed by atoms with E-state index in [1.165, 1.54) is 7.11 Å². The lowest BCUT2D eigenvalue weighted by Crippen LogP contribution is -2.10. The molecule has 4 nitrogen and oxygen atoms in total. The number of anilines is 1. The summed E-state index contributed by atoms with van der Waals surface area (Å²) in [6.45, 7) is 4.01. The van der Waals surface area contributed by atoms with Crippen molar-refractivity contribution in [3.8, 4) is 0 Å². The summed E-state index contributed by atoms with van der Waals surface area (Å²) in [6, 6.07) is 11.4. The maximum Gasteiger partial charge on any atom is 0.337 e. The average molecular weight is 270 g/mol. The Morgan fingerprint density at radius 2 is 2.10 bits per heavy atom. The first-order valence-corrected chi connectivity index (χ1v) is 6.48. The van der Waals surface area contributed by atoms with E-state index in [9.17, 15) is 4.79 Å². The Morgan fingerprint density at radius 1 is 1.30 bits per heavy atom. The number of ether oxygens (including phenoxy) is 1. The molecule has 0 saturated heterocycles. The van der Waals surface area contributed by atoms with Crippen LogP contribution in [0, 0.1) is 6.92 Å². The predicted molar refractivity (Wildman–Crippen MR) is 78.8 cm³/mol. The molecule has 1 unspecified atom stereocenters. The summed E-state index contributed by atoms with van der Waals surface area (Å²) in [5.74, 6) is -0.322. The topological polar surface area (TPSA) is 51.2 Å². The van der Waals surface area contributed by atoms with Crippen molar-refractivity contribution >= 4 is 11.7 Å². The molecular weight excluding hydrogens is 252 g/mol. The number of carbonyl (C=O) groups excluding carboxylic acids is 1. The van der Waals surface area contributed by atoms with Gasteiger partial charge in [0, 0.05) is 11.9 Å². The Balaban J connectivity index is 2.16. The zero-order valence-corrected chi connectivity index (χ0v) is 11.9. The van der Waals surface area contributed by atoms with Crippen molar-refractivity contribution in [2.45, 2.75) is 19.9 Å². The van der Waals surface area contributed by atoms with Gasteiger partial charge in [-0.05, 0) is 49.7 Å². The number of nitrogens with one attached hydrogen (secondary N) is 1. The number of carbonyl (C=O) groups is 1. The Labute approximate surface area is 118 Å². The number of aryl methyl sites for hydroxylation is 1. The third-order valence-electron chi connectivity index (χ3n) is 3.15. The molecule has 0 amide bonds. The number of methoxy groups -OCH3 is 1. The highest BCUT2D eigenvalue weighted by Gasteiger charge is 2.10. The van der Waals surface area contributed by atoms with E-state index in [0.29, 0.717) is 5.56 Å². The standard InChI is InChI=1S/C16H18N2O2/c1-11-10-13(16(19)20-3)7-8-14(11)18-12(2)15-6-4-5-9-17-15/h4-10,12,18H,1-3H3. The van der Waals surface area contributed by atoms with Gasteiger partial charge in [0.05, 0.1) is 24.4 Å². The third kappa shape index (κ3) is 3.15. The lowest BCUT2D eigenvalue weighted by Gasteiger charge is -2.17. The van der Waals surface area contributed by atoms with Crippen molar-refractivity contribution in [1.82, 2.24) is 4.98 Å². The minimum atomic E-state index is -0.322. The summed E-state index contributed by atoms with van der Waals surface area (Å²) in [6.07, 6.45) is 1.78. The largest absolute Gasteiger partial charge is 0.465 e. The summed E-state index contributed by atoms with van der Waals surface area (Å²) >= 11 is 0. The van der Waals surface area contributed by atoms with Gasteiger partial charge >= 0.3 is 5.97 Å². The van der Waals surface area contributed by atoms with Crippen molar-refractivity contribution in [1.29, 1.82) is 0 Å². The van der Waals surface area contributed by atoms with E-state index >= 15 is 0 Å². The number of nitrogens with zero attached hydrogens (tertiary/aromatic N) is 1. The summed E-state index contributed by atoms with van der Waals surface area (Å²) in [5.41, 5.74) is 3.51. The maximum atomic E-state index is 11.5. The average Bonchev–Trinajstić information content (AvgIpc) is 2.49. The Bertz CT molecular complexity index is 597. The minimum absolute atomic E-state index is 0.0962. The first-order chi connectivity index (χ1) is 9.61. The molecule has 1 aromatic heterocycles. The van der Waals surface area contributed by atoms with E-state index in [0.717, 1.165) is 16.9 Å². The molecule has 1 heterocycles. The first kappa shape index (κ1) is 14.1. The number of aromatic nitrogens is 1. The van der Waals surface area contributed by atoms with Gasteiger partial charge in [-0.3, -0.25) is 4.98 Å². The first-order valence-electron chi connectivity index (χ1n) is 6.48. The zero-order chi connectivity index (χ0) is 14.5. The molecule has 2 aromatic rings. The number of rotatable bonds is 4. The molecule has 4 heteroatoms. The van der Waals surface area contributed by atoms with Gasteiger partial charge in [0.1, 0.15) is 0 Å². The highest BCUT2D eigenvalue weighted by molar-refractivity contribution is 5.90. The second-order valence-electron chi connectivity index (χ2n) is 4.64. The molecule has 0 aliphatic heterocycles. The normalized spacial score (nSPS) is 11.8. The highest BCUT2D eigenvalue weighted by Crippen LogP contribution is 2.22. The second kappa shape index (κ2) is 6.19. The van der Waals surface area contributed by atoms with Gasteiger partial charge in [-0.1, -0.05) is 6.07 Å². The van der Waals surface area contributed by atoms with Crippen LogP contribution >= 0.6 is 0 Å². The molecule has 0 fully saturated rings. The van der Waals surface area contributed by atoms with E-state index in [1.807, 2.05) is 37.3 Å². The molecule has 1 N–H and O–H groups in total. The predicted octanol–water partition coefficient (Wildman–Crippen LogP) is 3.35. The van der Waals surface area contributed by atoms with E-state index in [2.05, 4.69) is 17.2 Å². The summed E-state index contributed by atoms with van der Waals surface area (Å²) in [7, 11) is 1.38. The van der Waals surface area contributed by atoms with Gasteiger partial charge < -0.3 is 10.1 Å². The van der Waals surface area contributed by atoms with Crippen molar-refractivity contribution in [3.63, 3.8) is 0 Å². The third-order valence-corrected chi connectivity index (χ3v) is 3.15. The van der Waals surface area contributed by atoms with Crippen LogP contribution in [-0.4, -0.2) is 18.1 Å². The molecule has 0 bridgehead atoms. The van der Waals surface area contributed by atoms with Crippen LogP contribution in [0.15, 0.2) is 42.6 Å². The number of benzene rings is 1. The molecule has 0 radical (unpaired) electrons. The lowest BCUT2D eigenvalue weighted by molar-refractivity contribution is 0.0600. The monoisotopic (exact) mass is 270 g/mol.